The van der Waals surface area contributed by atoms with Gasteiger partial charge in [0.25, 0.3) is 0 Å². The number of thiophene rings is 1. The maximum Gasteiger partial charge on any atom is 0.219 e. The predicted molar refractivity (Wildman–Crippen MR) is 99.9 cm³/mol. The van der Waals surface area contributed by atoms with Gasteiger partial charge in [-0.3, -0.25) is 0 Å². The summed E-state index contributed by atoms with van der Waals surface area (Å²) in [6, 6.07) is 2.18. The molecule has 0 atom stereocenters. The van der Waals surface area contributed by atoms with Gasteiger partial charge in [-0.25, -0.2) is 19.9 Å². The Hall–Kier alpha value is -2.32. The molecule has 4 rings (SSSR count). The standard InChI is InChI=1S/C17H20N6OS/c1-2-3-12-8-13-14(25-12)16(23-4-6-24-7-5-23)22-15(21-13)11-9-19-17(18)20-10-11/h8-10H,2-7H2,1H3,(H2,18,19,20). The first-order valence-corrected chi connectivity index (χ1v) is 9.27. The van der Waals surface area contributed by atoms with E-state index in [9.17, 15) is 0 Å². The van der Waals surface area contributed by atoms with Crippen molar-refractivity contribution in [3.8, 4) is 11.4 Å². The summed E-state index contributed by atoms with van der Waals surface area (Å²) in [7, 11) is 0. The minimum absolute atomic E-state index is 0.249. The molecular weight excluding hydrogens is 336 g/mol. The van der Waals surface area contributed by atoms with Crippen molar-refractivity contribution in [2.75, 3.05) is 36.9 Å². The molecule has 0 saturated carbocycles. The molecule has 25 heavy (non-hydrogen) atoms. The van der Waals surface area contributed by atoms with Crippen molar-refractivity contribution in [3.05, 3.63) is 23.3 Å². The number of ether oxygens (including phenoxy) is 1. The van der Waals surface area contributed by atoms with Crippen molar-refractivity contribution >= 4 is 33.3 Å². The van der Waals surface area contributed by atoms with Gasteiger partial charge < -0.3 is 15.4 Å². The highest BCUT2D eigenvalue weighted by atomic mass is 32.1. The summed E-state index contributed by atoms with van der Waals surface area (Å²) < 4.78 is 6.63. The first-order valence-electron chi connectivity index (χ1n) is 8.45. The molecular formula is C17H20N6OS. The first kappa shape index (κ1) is 16.2. The molecule has 2 N–H and O–H groups in total. The average molecular weight is 356 g/mol. The fourth-order valence-electron chi connectivity index (χ4n) is 2.91. The van der Waals surface area contributed by atoms with Crippen molar-refractivity contribution in [3.63, 3.8) is 0 Å². The van der Waals surface area contributed by atoms with Gasteiger partial charge in [0.1, 0.15) is 0 Å². The van der Waals surface area contributed by atoms with Crippen molar-refractivity contribution in [2.24, 2.45) is 0 Å². The van der Waals surface area contributed by atoms with Crippen LogP contribution >= 0.6 is 11.3 Å². The molecule has 0 radical (unpaired) electrons. The van der Waals surface area contributed by atoms with Gasteiger partial charge >= 0.3 is 0 Å². The Morgan fingerprint density at radius 2 is 1.96 bits per heavy atom. The molecule has 8 heteroatoms. The molecule has 0 aromatic carbocycles. The monoisotopic (exact) mass is 356 g/mol. The molecule has 0 spiro atoms. The fraction of sp³-hybridized carbons (Fsp3) is 0.412. The maximum atomic E-state index is 5.60. The van der Waals surface area contributed by atoms with Crippen LogP contribution in [-0.4, -0.2) is 46.2 Å². The Balaban J connectivity index is 1.84. The van der Waals surface area contributed by atoms with Gasteiger partial charge in [0.15, 0.2) is 11.6 Å². The van der Waals surface area contributed by atoms with E-state index in [0.29, 0.717) is 5.82 Å². The summed E-state index contributed by atoms with van der Waals surface area (Å²) in [6.07, 6.45) is 5.52. The van der Waals surface area contributed by atoms with E-state index in [0.717, 1.165) is 60.7 Å². The van der Waals surface area contributed by atoms with Crippen LogP contribution in [0.25, 0.3) is 21.6 Å². The van der Waals surface area contributed by atoms with E-state index in [-0.39, 0.29) is 5.95 Å². The molecule has 0 aliphatic carbocycles. The van der Waals surface area contributed by atoms with Gasteiger partial charge in [0, 0.05) is 30.4 Å². The molecule has 1 aliphatic heterocycles. The summed E-state index contributed by atoms with van der Waals surface area (Å²) in [6.45, 7) is 5.31. The highest BCUT2D eigenvalue weighted by Crippen LogP contribution is 2.34. The quantitative estimate of drug-likeness (QED) is 0.768. The first-order chi connectivity index (χ1) is 12.2. The van der Waals surface area contributed by atoms with E-state index in [1.165, 1.54) is 4.88 Å². The van der Waals surface area contributed by atoms with E-state index in [4.69, 9.17) is 20.4 Å². The van der Waals surface area contributed by atoms with Crippen molar-refractivity contribution in [2.45, 2.75) is 19.8 Å². The molecule has 1 aliphatic rings. The lowest BCUT2D eigenvalue weighted by molar-refractivity contribution is 0.122. The Kier molecular flexibility index (Phi) is 4.46. The molecule has 0 amide bonds. The molecule has 7 nitrogen and oxygen atoms in total. The van der Waals surface area contributed by atoms with E-state index in [1.807, 2.05) is 0 Å². The summed E-state index contributed by atoms with van der Waals surface area (Å²) in [5.74, 6) is 1.86. The molecule has 130 valence electrons. The SMILES string of the molecule is CCCc1cc2nc(-c3cnc(N)nc3)nc(N3CCOCC3)c2s1. The lowest BCUT2D eigenvalue weighted by Gasteiger charge is -2.28. The van der Waals surface area contributed by atoms with Crippen LogP contribution in [-0.2, 0) is 11.2 Å². The van der Waals surface area contributed by atoms with Crippen molar-refractivity contribution in [1.82, 2.24) is 19.9 Å². The number of aromatic nitrogens is 4. The molecule has 1 fully saturated rings. The minimum atomic E-state index is 0.249. The summed E-state index contributed by atoms with van der Waals surface area (Å²) in [4.78, 5) is 21.4. The Labute approximate surface area is 149 Å². The van der Waals surface area contributed by atoms with Gasteiger partial charge in [0.05, 0.1) is 29.0 Å². The van der Waals surface area contributed by atoms with Crippen molar-refractivity contribution in [1.29, 1.82) is 0 Å². The largest absolute Gasteiger partial charge is 0.378 e. The zero-order chi connectivity index (χ0) is 17.2. The van der Waals surface area contributed by atoms with E-state index < -0.39 is 0 Å². The molecule has 0 bridgehead atoms. The minimum Gasteiger partial charge on any atom is -0.378 e. The second-order valence-corrected chi connectivity index (χ2v) is 7.11. The summed E-state index contributed by atoms with van der Waals surface area (Å²) in [5, 5.41) is 0. The second-order valence-electron chi connectivity index (χ2n) is 5.98. The van der Waals surface area contributed by atoms with Crippen LogP contribution in [0.4, 0.5) is 11.8 Å². The zero-order valence-electron chi connectivity index (χ0n) is 14.1. The van der Waals surface area contributed by atoms with Gasteiger partial charge in [0.2, 0.25) is 5.95 Å². The molecule has 4 heterocycles. The number of nitrogen functional groups attached to an aromatic ring is 1. The molecule has 0 unspecified atom stereocenters. The number of rotatable bonds is 4. The predicted octanol–water partition coefficient (Wildman–Crippen LogP) is 2.52. The van der Waals surface area contributed by atoms with Crippen LogP contribution in [0.15, 0.2) is 18.5 Å². The number of nitrogens with zero attached hydrogens (tertiary/aromatic N) is 5. The Bertz CT molecular complexity index is 873. The zero-order valence-corrected chi connectivity index (χ0v) is 14.9. The van der Waals surface area contributed by atoms with E-state index in [2.05, 4.69) is 27.9 Å². The number of hydrogen-bond donors (Lipinski definition) is 1. The number of hydrogen-bond acceptors (Lipinski definition) is 8. The number of nitrogens with two attached hydrogens (primary N) is 1. The van der Waals surface area contributed by atoms with Crippen LogP contribution in [0.2, 0.25) is 0 Å². The average Bonchev–Trinajstić information content (AvgIpc) is 3.05. The normalized spacial score (nSPS) is 15.0. The van der Waals surface area contributed by atoms with Crippen LogP contribution in [0.5, 0.6) is 0 Å². The smallest absolute Gasteiger partial charge is 0.219 e. The lowest BCUT2D eigenvalue weighted by Crippen LogP contribution is -2.36. The van der Waals surface area contributed by atoms with Gasteiger partial charge in [-0.2, -0.15) is 0 Å². The number of fused-ring (bicyclic) bond motifs is 1. The molecule has 3 aromatic heterocycles. The molecule has 3 aromatic rings. The third kappa shape index (κ3) is 3.27. The number of morpholine rings is 1. The van der Waals surface area contributed by atoms with Crippen LogP contribution in [0.3, 0.4) is 0 Å². The highest BCUT2D eigenvalue weighted by molar-refractivity contribution is 7.19. The lowest BCUT2D eigenvalue weighted by atomic mass is 10.2. The van der Waals surface area contributed by atoms with Crippen molar-refractivity contribution < 1.29 is 4.74 Å². The van der Waals surface area contributed by atoms with E-state index >= 15 is 0 Å². The third-order valence-electron chi connectivity index (χ3n) is 4.14. The van der Waals surface area contributed by atoms with Crippen LogP contribution < -0.4 is 10.6 Å². The fourth-order valence-corrected chi connectivity index (χ4v) is 4.12. The second kappa shape index (κ2) is 6.89. The Morgan fingerprint density at radius 3 is 2.68 bits per heavy atom. The van der Waals surface area contributed by atoms with Gasteiger partial charge in [-0.1, -0.05) is 13.3 Å². The number of anilines is 2. The summed E-state index contributed by atoms with van der Waals surface area (Å²) >= 11 is 1.79. The Morgan fingerprint density at radius 1 is 1.20 bits per heavy atom. The van der Waals surface area contributed by atoms with Crippen LogP contribution in [0.1, 0.15) is 18.2 Å². The summed E-state index contributed by atoms with van der Waals surface area (Å²) in [5.41, 5.74) is 7.35. The number of aryl methyl sites for hydroxylation is 1. The third-order valence-corrected chi connectivity index (χ3v) is 5.32. The molecule has 1 saturated heterocycles. The van der Waals surface area contributed by atoms with E-state index in [1.54, 1.807) is 23.7 Å². The maximum absolute atomic E-state index is 5.60. The highest BCUT2D eigenvalue weighted by Gasteiger charge is 2.20. The van der Waals surface area contributed by atoms with Gasteiger partial charge in [-0.05, 0) is 12.5 Å². The van der Waals surface area contributed by atoms with Gasteiger partial charge in [-0.15, -0.1) is 11.3 Å². The van der Waals surface area contributed by atoms with Crippen LogP contribution in [0, 0.1) is 0 Å². The topological polar surface area (TPSA) is 90.0 Å².